The van der Waals surface area contributed by atoms with Gasteiger partial charge in [-0.3, -0.25) is 4.79 Å². The summed E-state index contributed by atoms with van der Waals surface area (Å²) in [5.74, 6) is 0.215. The fourth-order valence-electron chi connectivity index (χ4n) is 5.25. The first-order valence-electron chi connectivity index (χ1n) is 11.6. The second-order valence-corrected chi connectivity index (χ2v) is 9.52. The molecule has 2 aromatic heterocycles. The molecule has 2 atom stereocenters. The number of nitrogens with one attached hydrogen (secondary N) is 2. The van der Waals surface area contributed by atoms with E-state index in [9.17, 15) is 4.79 Å². The van der Waals surface area contributed by atoms with Crippen LogP contribution in [0.25, 0.3) is 22.2 Å². The van der Waals surface area contributed by atoms with Gasteiger partial charge in [0.05, 0.1) is 36.8 Å². The van der Waals surface area contributed by atoms with Crippen molar-refractivity contribution in [3.8, 4) is 11.1 Å². The Morgan fingerprint density at radius 1 is 1.15 bits per heavy atom. The molecule has 2 saturated heterocycles. The van der Waals surface area contributed by atoms with E-state index >= 15 is 0 Å². The summed E-state index contributed by atoms with van der Waals surface area (Å²) in [6.07, 6.45) is 5.32. The number of morpholine rings is 1. The van der Waals surface area contributed by atoms with Crippen LogP contribution in [-0.2, 0) is 27.2 Å². The minimum Gasteiger partial charge on any atom is -0.381 e. The Balaban J connectivity index is 1.39. The summed E-state index contributed by atoms with van der Waals surface area (Å²) in [7, 11) is 0. The van der Waals surface area contributed by atoms with Crippen molar-refractivity contribution in [3.05, 3.63) is 52.3 Å². The van der Waals surface area contributed by atoms with Gasteiger partial charge in [-0.05, 0) is 47.2 Å². The lowest BCUT2D eigenvalue weighted by Crippen LogP contribution is -2.41. The smallest absolute Gasteiger partial charge is 0.228 e. The van der Waals surface area contributed by atoms with Crippen molar-refractivity contribution < 1.29 is 14.3 Å². The van der Waals surface area contributed by atoms with Crippen molar-refractivity contribution in [2.24, 2.45) is 5.92 Å². The Kier molecular flexibility index (Phi) is 5.58. The van der Waals surface area contributed by atoms with Gasteiger partial charge in [0.15, 0.2) is 0 Å². The third-order valence-corrected chi connectivity index (χ3v) is 7.39. The van der Waals surface area contributed by atoms with Crippen LogP contribution in [0.5, 0.6) is 0 Å². The average Bonchev–Trinajstić information content (AvgIpc) is 3.53. The van der Waals surface area contributed by atoms with Crippen molar-refractivity contribution in [1.29, 1.82) is 0 Å². The number of carbonyl (C=O) groups is 1. The van der Waals surface area contributed by atoms with Gasteiger partial charge in [0.1, 0.15) is 5.65 Å². The zero-order chi connectivity index (χ0) is 22.4. The Bertz CT molecular complexity index is 1200. The highest BCUT2D eigenvalue weighted by Crippen LogP contribution is 2.35. The number of benzene rings is 1. The molecule has 0 aliphatic carbocycles. The Morgan fingerprint density at radius 3 is 2.88 bits per heavy atom. The first kappa shape index (κ1) is 21.1. The maximum atomic E-state index is 13.1. The third kappa shape index (κ3) is 3.93. The number of carbonyl (C=O) groups excluding carboxylic acids is 1. The summed E-state index contributed by atoms with van der Waals surface area (Å²) < 4.78 is 11.3. The number of hydrogen-bond acceptors (Lipinski definition) is 5. The number of nitrogens with zero attached hydrogens (tertiary/aromatic N) is 2. The molecule has 3 aliphatic heterocycles. The van der Waals surface area contributed by atoms with Gasteiger partial charge in [-0.1, -0.05) is 17.7 Å². The van der Waals surface area contributed by atoms with E-state index in [2.05, 4.69) is 33.5 Å². The second-order valence-electron chi connectivity index (χ2n) is 9.11. The van der Waals surface area contributed by atoms with Gasteiger partial charge in [-0.15, -0.1) is 0 Å². The molecule has 3 aliphatic rings. The normalized spacial score (nSPS) is 23.1. The molecule has 0 radical (unpaired) electrons. The summed E-state index contributed by atoms with van der Waals surface area (Å²) >= 11 is 6.36. The Labute approximate surface area is 197 Å². The number of fused-ring (bicyclic) bond motifs is 2. The van der Waals surface area contributed by atoms with E-state index < -0.39 is 0 Å². The SMILES string of the molecule is O=C([C@H]1CCOC1)N1CCc2cc(-c3cnc4[nH]cc(Cl)c4c3)cc([C@@H]3COCCN3)c2C1. The van der Waals surface area contributed by atoms with Gasteiger partial charge >= 0.3 is 0 Å². The van der Waals surface area contributed by atoms with Crippen molar-refractivity contribution in [2.75, 3.05) is 39.5 Å². The van der Waals surface area contributed by atoms with Gasteiger partial charge in [-0.25, -0.2) is 4.98 Å². The van der Waals surface area contributed by atoms with Gasteiger partial charge in [-0.2, -0.15) is 0 Å². The fraction of sp³-hybridized carbons (Fsp3) is 0.440. The standard InChI is InChI=1S/C25H27ClN4O3/c26-22-11-29-24-20(22)9-18(10-28-24)17-7-15-1-4-30(25(31)16-2-5-32-13-16)12-21(15)19(8-17)23-14-33-6-3-27-23/h7-11,16,23,27H,1-6,12-14H2,(H,28,29)/t16-,23-/m0/s1. The monoisotopic (exact) mass is 466 g/mol. The minimum atomic E-state index is -0.00527. The molecular formula is C25H27ClN4O3. The largest absolute Gasteiger partial charge is 0.381 e. The molecule has 172 valence electrons. The highest BCUT2D eigenvalue weighted by atomic mass is 35.5. The number of rotatable bonds is 3. The van der Waals surface area contributed by atoms with E-state index in [-0.39, 0.29) is 17.9 Å². The molecular weight excluding hydrogens is 440 g/mol. The highest BCUT2D eigenvalue weighted by molar-refractivity contribution is 6.35. The number of ether oxygens (including phenoxy) is 2. The van der Waals surface area contributed by atoms with Gasteiger partial charge in [0, 0.05) is 49.6 Å². The van der Waals surface area contributed by atoms with Crippen LogP contribution in [0.3, 0.4) is 0 Å². The highest BCUT2D eigenvalue weighted by Gasteiger charge is 2.32. The number of H-pyrrole nitrogens is 1. The van der Waals surface area contributed by atoms with Crippen LogP contribution in [0, 0.1) is 5.92 Å². The summed E-state index contributed by atoms with van der Waals surface area (Å²) in [6, 6.07) is 6.69. The molecule has 5 heterocycles. The average molecular weight is 467 g/mol. The molecule has 1 amide bonds. The van der Waals surface area contributed by atoms with E-state index in [0.717, 1.165) is 54.7 Å². The topological polar surface area (TPSA) is 79.5 Å². The summed E-state index contributed by atoms with van der Waals surface area (Å²) in [5, 5.41) is 5.20. The fourth-order valence-corrected chi connectivity index (χ4v) is 5.44. The maximum absolute atomic E-state index is 13.1. The lowest BCUT2D eigenvalue weighted by atomic mass is 9.87. The molecule has 2 fully saturated rings. The zero-order valence-corrected chi connectivity index (χ0v) is 19.2. The van der Waals surface area contributed by atoms with Crippen LogP contribution < -0.4 is 5.32 Å². The van der Waals surface area contributed by atoms with E-state index in [0.29, 0.717) is 31.4 Å². The van der Waals surface area contributed by atoms with Crippen LogP contribution >= 0.6 is 11.6 Å². The summed E-state index contributed by atoms with van der Waals surface area (Å²) in [6.45, 7) is 4.77. The van der Waals surface area contributed by atoms with Gasteiger partial charge in [0.25, 0.3) is 0 Å². The van der Waals surface area contributed by atoms with Crippen molar-refractivity contribution in [2.45, 2.75) is 25.4 Å². The number of aromatic amines is 1. The lowest BCUT2D eigenvalue weighted by Gasteiger charge is -2.35. The van der Waals surface area contributed by atoms with E-state index in [1.165, 1.54) is 16.7 Å². The molecule has 0 unspecified atom stereocenters. The first-order chi connectivity index (χ1) is 16.2. The molecule has 2 N–H and O–H groups in total. The lowest BCUT2D eigenvalue weighted by molar-refractivity contribution is -0.136. The number of aromatic nitrogens is 2. The van der Waals surface area contributed by atoms with Gasteiger partial charge in [0.2, 0.25) is 5.91 Å². The Hall–Kier alpha value is -2.45. The predicted molar refractivity (Wildman–Crippen MR) is 126 cm³/mol. The van der Waals surface area contributed by atoms with E-state index in [1.807, 2.05) is 11.1 Å². The van der Waals surface area contributed by atoms with E-state index in [1.54, 1.807) is 6.20 Å². The predicted octanol–water partition coefficient (Wildman–Crippen LogP) is 3.47. The number of hydrogen-bond donors (Lipinski definition) is 2. The van der Waals surface area contributed by atoms with Crippen LogP contribution in [0.1, 0.15) is 29.2 Å². The van der Waals surface area contributed by atoms with Crippen molar-refractivity contribution in [3.63, 3.8) is 0 Å². The first-order valence-corrected chi connectivity index (χ1v) is 12.0. The molecule has 8 heteroatoms. The molecule has 3 aromatic rings. The molecule has 0 bridgehead atoms. The number of halogens is 1. The summed E-state index contributed by atoms with van der Waals surface area (Å²) in [5.41, 5.74) is 6.69. The summed E-state index contributed by atoms with van der Waals surface area (Å²) in [4.78, 5) is 22.8. The minimum absolute atomic E-state index is 0.00527. The van der Waals surface area contributed by atoms with Crippen molar-refractivity contribution in [1.82, 2.24) is 20.2 Å². The van der Waals surface area contributed by atoms with Crippen LogP contribution in [-0.4, -0.2) is 60.3 Å². The van der Waals surface area contributed by atoms with E-state index in [4.69, 9.17) is 21.1 Å². The van der Waals surface area contributed by atoms with Crippen LogP contribution in [0.4, 0.5) is 0 Å². The van der Waals surface area contributed by atoms with Gasteiger partial charge < -0.3 is 24.7 Å². The molecule has 6 rings (SSSR count). The molecule has 1 aromatic carbocycles. The number of amides is 1. The van der Waals surface area contributed by atoms with Crippen LogP contribution in [0.15, 0.2) is 30.6 Å². The van der Waals surface area contributed by atoms with Crippen molar-refractivity contribution >= 4 is 28.5 Å². The maximum Gasteiger partial charge on any atom is 0.228 e. The van der Waals surface area contributed by atoms with Crippen LogP contribution in [0.2, 0.25) is 5.02 Å². The Morgan fingerprint density at radius 2 is 2.06 bits per heavy atom. The number of pyridine rings is 1. The molecule has 0 spiro atoms. The second kappa shape index (κ2) is 8.72. The third-order valence-electron chi connectivity index (χ3n) is 7.08. The zero-order valence-electron chi connectivity index (χ0n) is 18.4. The molecule has 33 heavy (non-hydrogen) atoms. The molecule has 7 nitrogen and oxygen atoms in total. The quantitative estimate of drug-likeness (QED) is 0.618. The molecule has 0 saturated carbocycles.